The molecule has 1 rings (SSSR count). The van der Waals surface area contributed by atoms with E-state index in [9.17, 15) is 13.2 Å². The molecule has 1 aromatic rings. The molecule has 0 saturated heterocycles. The van der Waals surface area contributed by atoms with Crippen LogP contribution in [0.5, 0.6) is 0 Å². The predicted octanol–water partition coefficient (Wildman–Crippen LogP) is 1.10. The minimum absolute atomic E-state index is 0.146. The molecule has 0 saturated carbocycles. The molecule has 1 heterocycles. The summed E-state index contributed by atoms with van der Waals surface area (Å²) in [6, 6.07) is 3.17. The molecule has 0 aromatic carbocycles. The minimum Gasteiger partial charge on any atom is -0.465 e. The Morgan fingerprint density at radius 1 is 1.47 bits per heavy atom. The summed E-state index contributed by atoms with van der Waals surface area (Å²) in [5, 5.41) is 2.88. The number of hydrogen-bond donors (Lipinski definition) is 1. The molecule has 0 amide bonds. The third-order valence-electron chi connectivity index (χ3n) is 2.90. The highest BCUT2D eigenvalue weighted by atomic mass is 32.2. The fourth-order valence-electron chi connectivity index (χ4n) is 1.25. The Bertz CT molecular complexity index is 567. The molecule has 0 atom stereocenters. The number of nitrogens with one attached hydrogen (secondary N) is 1. The summed E-state index contributed by atoms with van der Waals surface area (Å²) in [7, 11) is -1.94. The van der Waals surface area contributed by atoms with Crippen LogP contribution in [-0.4, -0.2) is 44.0 Å². The summed E-state index contributed by atoms with van der Waals surface area (Å²) >= 11 is 0. The molecule has 106 valence electrons. The smallest absolute Gasteiger partial charge is 0.341 e. The van der Waals surface area contributed by atoms with Crippen molar-refractivity contribution in [3.05, 3.63) is 23.9 Å². The van der Waals surface area contributed by atoms with Crippen LogP contribution in [0.2, 0.25) is 0 Å². The maximum Gasteiger partial charge on any atom is 0.341 e. The van der Waals surface area contributed by atoms with E-state index in [-0.39, 0.29) is 12.1 Å². The number of nitrogens with zero attached hydrogens (tertiary/aromatic N) is 1. The lowest BCUT2D eigenvalue weighted by atomic mass is 10.2. The van der Waals surface area contributed by atoms with E-state index in [1.807, 2.05) is 0 Å². The van der Waals surface area contributed by atoms with Gasteiger partial charge in [0.25, 0.3) is 0 Å². The number of pyridine rings is 1. The standard InChI is InChI=1S/C12H18N2O4S/c1-12(2,19(4,16)17)8-14-10-9(11(15)18-3)6-5-7-13-10/h5-7H,8H2,1-4H3,(H,13,14). The zero-order valence-electron chi connectivity index (χ0n) is 11.4. The SMILES string of the molecule is COC(=O)c1cccnc1NCC(C)(C)S(C)(=O)=O. The summed E-state index contributed by atoms with van der Waals surface area (Å²) in [6.45, 7) is 3.36. The van der Waals surface area contributed by atoms with E-state index in [1.54, 1.807) is 26.0 Å². The average molecular weight is 286 g/mol. The molecule has 1 N–H and O–H groups in total. The van der Waals surface area contributed by atoms with Gasteiger partial charge in [-0.05, 0) is 26.0 Å². The van der Waals surface area contributed by atoms with Gasteiger partial charge in [0.2, 0.25) is 0 Å². The van der Waals surface area contributed by atoms with Crippen molar-refractivity contribution in [1.82, 2.24) is 4.98 Å². The van der Waals surface area contributed by atoms with Crippen LogP contribution in [0.15, 0.2) is 18.3 Å². The molecule has 0 fully saturated rings. The van der Waals surface area contributed by atoms with Gasteiger partial charge in [0, 0.05) is 19.0 Å². The van der Waals surface area contributed by atoms with Crippen LogP contribution in [0.3, 0.4) is 0 Å². The number of ether oxygens (including phenoxy) is 1. The van der Waals surface area contributed by atoms with Crippen LogP contribution in [0.25, 0.3) is 0 Å². The number of sulfone groups is 1. The van der Waals surface area contributed by atoms with Crippen LogP contribution < -0.4 is 5.32 Å². The van der Waals surface area contributed by atoms with Gasteiger partial charge in [-0.3, -0.25) is 0 Å². The van der Waals surface area contributed by atoms with E-state index in [1.165, 1.54) is 19.6 Å². The zero-order chi connectivity index (χ0) is 14.7. The number of carbonyl (C=O) groups excluding carboxylic acids is 1. The van der Waals surface area contributed by atoms with Gasteiger partial charge >= 0.3 is 5.97 Å². The lowest BCUT2D eigenvalue weighted by Gasteiger charge is -2.23. The molecule has 7 heteroatoms. The first kappa shape index (κ1) is 15.4. The quantitative estimate of drug-likeness (QED) is 0.816. The van der Waals surface area contributed by atoms with E-state index >= 15 is 0 Å². The molecular weight excluding hydrogens is 268 g/mol. The lowest BCUT2D eigenvalue weighted by Crippen LogP contribution is -2.38. The number of hydrogen-bond acceptors (Lipinski definition) is 6. The molecule has 19 heavy (non-hydrogen) atoms. The number of esters is 1. The highest BCUT2D eigenvalue weighted by molar-refractivity contribution is 7.92. The normalized spacial score (nSPS) is 12.0. The van der Waals surface area contributed by atoms with Crippen LogP contribution in [0.1, 0.15) is 24.2 Å². The van der Waals surface area contributed by atoms with E-state index in [2.05, 4.69) is 15.0 Å². The summed E-state index contributed by atoms with van der Waals surface area (Å²) in [6.07, 6.45) is 2.69. The Labute approximate surface area is 113 Å². The maximum absolute atomic E-state index is 11.6. The third-order valence-corrected chi connectivity index (χ3v) is 5.05. The number of anilines is 1. The van der Waals surface area contributed by atoms with Crippen molar-refractivity contribution in [3.63, 3.8) is 0 Å². The molecule has 0 unspecified atom stereocenters. The summed E-state index contributed by atoms with van der Waals surface area (Å²) in [4.78, 5) is 15.6. The van der Waals surface area contributed by atoms with Crippen molar-refractivity contribution in [2.75, 3.05) is 25.2 Å². The third kappa shape index (κ3) is 3.66. The molecule has 0 aliphatic rings. The van der Waals surface area contributed by atoms with Crippen molar-refractivity contribution in [2.45, 2.75) is 18.6 Å². The fourth-order valence-corrected chi connectivity index (χ4v) is 1.58. The second-order valence-electron chi connectivity index (χ2n) is 4.78. The molecule has 0 radical (unpaired) electrons. The molecule has 0 aliphatic carbocycles. The number of aromatic nitrogens is 1. The largest absolute Gasteiger partial charge is 0.465 e. The van der Waals surface area contributed by atoms with Gasteiger partial charge in [-0.1, -0.05) is 0 Å². The summed E-state index contributed by atoms with van der Waals surface area (Å²) < 4.78 is 26.9. The topological polar surface area (TPSA) is 85.4 Å². The van der Waals surface area contributed by atoms with Gasteiger partial charge in [0.15, 0.2) is 9.84 Å². The fraction of sp³-hybridized carbons (Fsp3) is 0.500. The van der Waals surface area contributed by atoms with Gasteiger partial charge in [0.1, 0.15) is 11.4 Å². The van der Waals surface area contributed by atoms with Gasteiger partial charge in [-0.2, -0.15) is 0 Å². The van der Waals surface area contributed by atoms with Crippen molar-refractivity contribution in [2.24, 2.45) is 0 Å². The van der Waals surface area contributed by atoms with Gasteiger partial charge in [-0.15, -0.1) is 0 Å². The van der Waals surface area contributed by atoms with Gasteiger partial charge < -0.3 is 10.1 Å². The van der Waals surface area contributed by atoms with Gasteiger partial charge in [-0.25, -0.2) is 18.2 Å². The number of carbonyl (C=O) groups is 1. The van der Waals surface area contributed by atoms with E-state index in [0.29, 0.717) is 5.82 Å². The van der Waals surface area contributed by atoms with E-state index < -0.39 is 20.6 Å². The van der Waals surface area contributed by atoms with Crippen LogP contribution in [0.4, 0.5) is 5.82 Å². The second kappa shape index (κ2) is 5.56. The van der Waals surface area contributed by atoms with Crippen molar-refractivity contribution in [1.29, 1.82) is 0 Å². The van der Waals surface area contributed by atoms with Crippen molar-refractivity contribution in [3.8, 4) is 0 Å². The molecular formula is C12H18N2O4S. The lowest BCUT2D eigenvalue weighted by molar-refractivity contribution is 0.0601. The molecule has 0 spiro atoms. The zero-order valence-corrected chi connectivity index (χ0v) is 12.2. The summed E-state index contributed by atoms with van der Waals surface area (Å²) in [5.41, 5.74) is 0.273. The predicted molar refractivity (Wildman–Crippen MR) is 73.0 cm³/mol. The Balaban J connectivity index is 2.93. The Hall–Kier alpha value is -1.63. The average Bonchev–Trinajstić information content (AvgIpc) is 2.34. The van der Waals surface area contributed by atoms with Gasteiger partial charge in [0.05, 0.1) is 11.9 Å². The first-order valence-electron chi connectivity index (χ1n) is 5.66. The highest BCUT2D eigenvalue weighted by Crippen LogP contribution is 2.18. The molecule has 6 nitrogen and oxygen atoms in total. The highest BCUT2D eigenvalue weighted by Gasteiger charge is 2.30. The summed E-state index contributed by atoms with van der Waals surface area (Å²) in [5.74, 6) is -0.209. The van der Waals surface area contributed by atoms with Crippen LogP contribution >= 0.6 is 0 Å². The molecule has 1 aromatic heterocycles. The number of rotatable bonds is 5. The van der Waals surface area contributed by atoms with Crippen molar-refractivity contribution < 1.29 is 17.9 Å². The molecule has 0 aliphatic heterocycles. The Morgan fingerprint density at radius 2 is 2.11 bits per heavy atom. The van der Waals surface area contributed by atoms with Crippen LogP contribution in [0, 0.1) is 0 Å². The first-order valence-corrected chi connectivity index (χ1v) is 7.55. The van der Waals surface area contributed by atoms with E-state index in [0.717, 1.165) is 0 Å². The van der Waals surface area contributed by atoms with Crippen LogP contribution in [-0.2, 0) is 14.6 Å². The van der Waals surface area contributed by atoms with Crippen molar-refractivity contribution >= 4 is 21.6 Å². The maximum atomic E-state index is 11.6. The first-order chi connectivity index (χ1) is 8.69. The Morgan fingerprint density at radius 3 is 2.63 bits per heavy atom. The van der Waals surface area contributed by atoms with E-state index in [4.69, 9.17) is 0 Å². The number of methoxy groups -OCH3 is 1. The molecule has 0 bridgehead atoms. The Kier molecular flexibility index (Phi) is 4.52. The second-order valence-corrected chi connectivity index (χ2v) is 7.43. The monoisotopic (exact) mass is 286 g/mol. The minimum atomic E-state index is -3.22.